The molecule has 2 heterocycles. The zero-order chi connectivity index (χ0) is 16.9. The van der Waals surface area contributed by atoms with E-state index >= 15 is 0 Å². The quantitative estimate of drug-likeness (QED) is 0.744. The van der Waals surface area contributed by atoms with Crippen LogP contribution in [0.5, 0.6) is 0 Å². The second kappa shape index (κ2) is 7.14. The first-order valence-corrected chi connectivity index (χ1v) is 7.87. The number of anilines is 2. The lowest BCUT2D eigenvalue weighted by Crippen LogP contribution is -2.36. The zero-order valence-electron chi connectivity index (χ0n) is 13.4. The van der Waals surface area contributed by atoms with E-state index in [2.05, 4.69) is 15.2 Å². The van der Waals surface area contributed by atoms with Gasteiger partial charge in [0.2, 0.25) is 0 Å². The Labute approximate surface area is 141 Å². The Balaban J connectivity index is 1.64. The van der Waals surface area contributed by atoms with Gasteiger partial charge in [-0.15, -0.1) is 0 Å². The summed E-state index contributed by atoms with van der Waals surface area (Å²) in [7, 11) is 0. The number of benzene rings is 1. The number of pyridine rings is 1. The van der Waals surface area contributed by atoms with E-state index in [-0.39, 0.29) is 5.91 Å². The van der Waals surface area contributed by atoms with Gasteiger partial charge in [0.25, 0.3) is 5.91 Å². The Kier molecular flexibility index (Phi) is 4.77. The Morgan fingerprint density at radius 2 is 2.12 bits per heavy atom. The van der Waals surface area contributed by atoms with Crippen molar-refractivity contribution in [2.45, 2.75) is 13.0 Å². The van der Waals surface area contributed by atoms with Crippen LogP contribution >= 0.6 is 0 Å². The molecule has 0 radical (unpaired) electrons. The van der Waals surface area contributed by atoms with Crippen molar-refractivity contribution in [2.24, 2.45) is 5.73 Å². The Morgan fingerprint density at radius 1 is 1.25 bits per heavy atom. The van der Waals surface area contributed by atoms with Crippen molar-refractivity contribution in [2.75, 3.05) is 24.1 Å². The SMILES string of the molecule is NC1=C(C(=O)Nc2cccc(N)c2)CCN(Cc2cccnc2)C1. The predicted molar refractivity (Wildman–Crippen MR) is 94.8 cm³/mol. The minimum Gasteiger partial charge on any atom is -0.401 e. The van der Waals surface area contributed by atoms with E-state index in [1.54, 1.807) is 24.4 Å². The molecule has 3 rings (SSSR count). The minimum absolute atomic E-state index is 0.154. The topological polar surface area (TPSA) is 97.3 Å². The van der Waals surface area contributed by atoms with Gasteiger partial charge in [0.15, 0.2) is 0 Å². The smallest absolute Gasteiger partial charge is 0.253 e. The molecule has 0 saturated carbocycles. The first-order valence-electron chi connectivity index (χ1n) is 7.87. The van der Waals surface area contributed by atoms with Gasteiger partial charge < -0.3 is 16.8 Å². The minimum atomic E-state index is -0.154. The molecular weight excluding hydrogens is 302 g/mol. The highest BCUT2D eigenvalue weighted by molar-refractivity contribution is 6.04. The maximum Gasteiger partial charge on any atom is 0.253 e. The first kappa shape index (κ1) is 16.0. The third-order valence-corrected chi connectivity index (χ3v) is 4.01. The van der Waals surface area contributed by atoms with E-state index in [4.69, 9.17) is 11.5 Å². The van der Waals surface area contributed by atoms with Crippen LogP contribution in [0.2, 0.25) is 0 Å². The Morgan fingerprint density at radius 3 is 2.83 bits per heavy atom. The second-order valence-corrected chi connectivity index (χ2v) is 5.91. The molecule has 0 bridgehead atoms. The lowest BCUT2D eigenvalue weighted by molar-refractivity contribution is -0.113. The van der Waals surface area contributed by atoms with Crippen molar-refractivity contribution >= 4 is 17.3 Å². The molecule has 0 saturated heterocycles. The highest BCUT2D eigenvalue weighted by Gasteiger charge is 2.22. The summed E-state index contributed by atoms with van der Waals surface area (Å²) in [6.45, 7) is 2.14. The van der Waals surface area contributed by atoms with Gasteiger partial charge in [0, 0.05) is 54.7 Å². The van der Waals surface area contributed by atoms with Gasteiger partial charge in [-0.1, -0.05) is 12.1 Å². The van der Waals surface area contributed by atoms with Gasteiger partial charge in [0.1, 0.15) is 0 Å². The fourth-order valence-corrected chi connectivity index (χ4v) is 2.81. The predicted octanol–water partition coefficient (Wildman–Crippen LogP) is 1.72. The van der Waals surface area contributed by atoms with Gasteiger partial charge in [-0.25, -0.2) is 0 Å². The van der Waals surface area contributed by atoms with Crippen LogP contribution in [0.4, 0.5) is 11.4 Å². The summed E-state index contributed by atoms with van der Waals surface area (Å²) in [5.74, 6) is -0.154. The van der Waals surface area contributed by atoms with E-state index in [9.17, 15) is 4.79 Å². The maximum atomic E-state index is 12.4. The van der Waals surface area contributed by atoms with E-state index in [1.807, 2.05) is 24.4 Å². The van der Waals surface area contributed by atoms with Crippen LogP contribution in [0, 0.1) is 0 Å². The maximum absolute atomic E-state index is 12.4. The highest BCUT2D eigenvalue weighted by atomic mass is 16.1. The summed E-state index contributed by atoms with van der Waals surface area (Å²) in [6.07, 6.45) is 4.23. The van der Waals surface area contributed by atoms with Crippen molar-refractivity contribution in [3.63, 3.8) is 0 Å². The summed E-state index contributed by atoms with van der Waals surface area (Å²) in [4.78, 5) is 18.8. The summed E-state index contributed by atoms with van der Waals surface area (Å²) < 4.78 is 0. The number of carbonyl (C=O) groups excluding carboxylic acids is 1. The monoisotopic (exact) mass is 323 g/mol. The van der Waals surface area contributed by atoms with Gasteiger partial charge in [-0.05, 0) is 36.2 Å². The average molecular weight is 323 g/mol. The van der Waals surface area contributed by atoms with Gasteiger partial charge in [-0.3, -0.25) is 14.7 Å². The molecule has 1 aliphatic rings. The average Bonchev–Trinajstić information content (AvgIpc) is 2.56. The van der Waals surface area contributed by atoms with Crippen molar-refractivity contribution in [1.29, 1.82) is 0 Å². The normalized spacial score (nSPS) is 15.3. The molecule has 0 spiro atoms. The number of nitrogens with zero attached hydrogens (tertiary/aromatic N) is 2. The molecule has 0 fully saturated rings. The van der Waals surface area contributed by atoms with Gasteiger partial charge in [0.05, 0.1) is 0 Å². The number of nitrogens with one attached hydrogen (secondary N) is 1. The lowest BCUT2D eigenvalue weighted by Gasteiger charge is -2.28. The molecule has 5 N–H and O–H groups in total. The third kappa shape index (κ3) is 3.91. The first-order chi connectivity index (χ1) is 11.6. The summed E-state index contributed by atoms with van der Waals surface area (Å²) in [5, 5.41) is 2.86. The number of hydrogen-bond acceptors (Lipinski definition) is 5. The number of hydrogen-bond donors (Lipinski definition) is 3. The Bertz CT molecular complexity index is 757. The number of nitrogens with two attached hydrogens (primary N) is 2. The highest BCUT2D eigenvalue weighted by Crippen LogP contribution is 2.19. The van der Waals surface area contributed by atoms with E-state index < -0.39 is 0 Å². The van der Waals surface area contributed by atoms with Crippen molar-refractivity contribution < 1.29 is 4.79 Å². The van der Waals surface area contributed by atoms with Crippen LogP contribution in [0.3, 0.4) is 0 Å². The fraction of sp³-hybridized carbons (Fsp3) is 0.222. The molecule has 6 heteroatoms. The van der Waals surface area contributed by atoms with E-state index in [0.29, 0.717) is 35.6 Å². The number of aromatic nitrogens is 1. The second-order valence-electron chi connectivity index (χ2n) is 5.91. The number of nitrogen functional groups attached to an aromatic ring is 1. The molecule has 6 nitrogen and oxygen atoms in total. The Hall–Kier alpha value is -2.86. The third-order valence-electron chi connectivity index (χ3n) is 4.01. The summed E-state index contributed by atoms with van der Waals surface area (Å²) >= 11 is 0. The molecule has 1 aromatic carbocycles. The molecule has 2 aromatic rings. The van der Waals surface area contributed by atoms with Crippen LogP contribution in [-0.2, 0) is 11.3 Å². The van der Waals surface area contributed by atoms with Crippen LogP contribution in [-0.4, -0.2) is 28.9 Å². The lowest BCUT2D eigenvalue weighted by atomic mass is 10.0. The largest absolute Gasteiger partial charge is 0.401 e. The van der Waals surface area contributed by atoms with Gasteiger partial charge in [-0.2, -0.15) is 0 Å². The van der Waals surface area contributed by atoms with Gasteiger partial charge >= 0.3 is 0 Å². The molecule has 0 aliphatic carbocycles. The fourth-order valence-electron chi connectivity index (χ4n) is 2.81. The standard InChI is InChI=1S/C18H21N5O/c19-14-4-1-5-15(9-14)22-18(24)16-6-8-23(12-17(16)20)11-13-3-2-7-21-10-13/h1-5,7,9-10H,6,8,11-12,19-20H2,(H,22,24). The molecule has 1 aliphatic heterocycles. The van der Waals surface area contributed by atoms with Crippen molar-refractivity contribution in [1.82, 2.24) is 9.88 Å². The number of carbonyl (C=O) groups is 1. The molecular formula is C18H21N5O. The van der Waals surface area contributed by atoms with Crippen LogP contribution in [0.1, 0.15) is 12.0 Å². The molecule has 0 unspecified atom stereocenters. The van der Waals surface area contributed by atoms with Crippen LogP contribution < -0.4 is 16.8 Å². The number of rotatable bonds is 4. The molecule has 124 valence electrons. The molecule has 1 aromatic heterocycles. The summed E-state index contributed by atoms with van der Waals surface area (Å²) in [5.41, 5.74) is 15.6. The van der Waals surface area contributed by atoms with Crippen molar-refractivity contribution in [3.8, 4) is 0 Å². The number of amides is 1. The molecule has 0 atom stereocenters. The van der Waals surface area contributed by atoms with Crippen LogP contribution in [0.25, 0.3) is 0 Å². The molecule has 24 heavy (non-hydrogen) atoms. The zero-order valence-corrected chi connectivity index (χ0v) is 13.4. The van der Waals surface area contributed by atoms with Crippen molar-refractivity contribution in [3.05, 3.63) is 65.6 Å². The van der Waals surface area contributed by atoms with E-state index in [1.165, 1.54) is 0 Å². The van der Waals surface area contributed by atoms with Crippen LogP contribution in [0.15, 0.2) is 60.1 Å². The molecule has 1 amide bonds. The summed E-state index contributed by atoms with van der Waals surface area (Å²) in [6, 6.07) is 11.1. The van der Waals surface area contributed by atoms with E-state index in [0.717, 1.165) is 18.7 Å².